The van der Waals surface area contributed by atoms with E-state index in [1.54, 1.807) is 0 Å². The van der Waals surface area contributed by atoms with Gasteiger partial charge in [-0.25, -0.2) is 0 Å². The van der Waals surface area contributed by atoms with Crippen molar-refractivity contribution in [1.82, 2.24) is 0 Å². The first-order valence-corrected chi connectivity index (χ1v) is 20.4. The number of ether oxygens (including phenoxy) is 6. The zero-order valence-electron chi connectivity index (χ0n) is 32.5. The summed E-state index contributed by atoms with van der Waals surface area (Å²) in [5, 5.41) is 116. The largest absolute Gasteiger partial charge is 0.394 e. The molecule has 23 atom stereocenters. The van der Waals surface area contributed by atoms with Crippen LogP contribution in [0.15, 0.2) is 11.6 Å². The molecular formula is C39H62O18. The third-order valence-electron chi connectivity index (χ3n) is 14.9. The number of aliphatic hydroxyl groups is 11. The van der Waals surface area contributed by atoms with Gasteiger partial charge in [0.2, 0.25) is 0 Å². The molecule has 7 aliphatic rings. The van der Waals surface area contributed by atoms with Crippen molar-refractivity contribution in [3.8, 4) is 0 Å². The number of hydrogen-bond donors (Lipinski definition) is 11. The fourth-order valence-corrected chi connectivity index (χ4v) is 11.7. The van der Waals surface area contributed by atoms with Crippen LogP contribution in [0.1, 0.15) is 65.7 Å². The van der Waals surface area contributed by atoms with E-state index < -0.39 is 129 Å². The molecule has 0 amide bonds. The van der Waals surface area contributed by atoms with Gasteiger partial charge in [-0.3, -0.25) is 4.79 Å². The molecule has 0 radical (unpaired) electrons. The van der Waals surface area contributed by atoms with Crippen molar-refractivity contribution in [3.63, 3.8) is 0 Å². The molecule has 18 nitrogen and oxygen atoms in total. The molecule has 0 aromatic heterocycles. The van der Waals surface area contributed by atoms with Gasteiger partial charge >= 0.3 is 0 Å². The summed E-state index contributed by atoms with van der Waals surface area (Å²) in [6.07, 6.45) is -18.4. The van der Waals surface area contributed by atoms with Crippen LogP contribution in [-0.4, -0.2) is 186 Å². The molecule has 57 heavy (non-hydrogen) atoms. The van der Waals surface area contributed by atoms with Crippen molar-refractivity contribution in [3.05, 3.63) is 11.6 Å². The Labute approximate surface area is 330 Å². The van der Waals surface area contributed by atoms with Gasteiger partial charge in [-0.05, 0) is 80.5 Å². The lowest BCUT2D eigenvalue weighted by molar-refractivity contribution is -0.373. The molecule has 0 spiro atoms. The molecule has 3 aliphatic heterocycles. The Hall–Kier alpha value is -1.27. The Bertz CT molecular complexity index is 1450. The van der Waals surface area contributed by atoms with E-state index in [0.29, 0.717) is 18.8 Å². The number of hydrogen-bond acceptors (Lipinski definition) is 18. The van der Waals surface area contributed by atoms with E-state index in [1.165, 1.54) is 12.5 Å². The lowest BCUT2D eigenvalue weighted by Crippen LogP contribution is -2.65. The van der Waals surface area contributed by atoms with Crippen LogP contribution in [0.3, 0.4) is 0 Å². The molecule has 4 aliphatic carbocycles. The van der Waals surface area contributed by atoms with Crippen molar-refractivity contribution in [2.24, 2.45) is 34.5 Å². The van der Waals surface area contributed by atoms with E-state index in [-0.39, 0.29) is 29.1 Å². The van der Waals surface area contributed by atoms with Gasteiger partial charge in [0.25, 0.3) is 0 Å². The summed E-state index contributed by atoms with van der Waals surface area (Å²) >= 11 is 0. The maximum Gasteiger partial charge on any atom is 0.187 e. The quantitative estimate of drug-likeness (QED) is 0.0977. The first-order chi connectivity index (χ1) is 26.9. The van der Waals surface area contributed by atoms with Gasteiger partial charge < -0.3 is 84.6 Å². The fourth-order valence-electron chi connectivity index (χ4n) is 11.7. The lowest BCUT2D eigenvalue weighted by Gasteiger charge is -2.57. The molecule has 23 unspecified atom stereocenters. The maximum atomic E-state index is 13.5. The Kier molecular flexibility index (Phi) is 13.0. The van der Waals surface area contributed by atoms with Crippen molar-refractivity contribution in [1.29, 1.82) is 0 Å². The van der Waals surface area contributed by atoms with Crippen LogP contribution in [0, 0.1) is 34.5 Å². The molecule has 11 N–H and O–H groups in total. The van der Waals surface area contributed by atoms with Crippen molar-refractivity contribution < 1.29 is 89.4 Å². The molecule has 3 saturated carbocycles. The Morgan fingerprint density at radius 1 is 0.719 bits per heavy atom. The van der Waals surface area contributed by atoms with E-state index in [1.807, 2.05) is 0 Å². The summed E-state index contributed by atoms with van der Waals surface area (Å²) in [6.45, 7) is 3.85. The Balaban J connectivity index is 1.06. The number of Topliss-reactive ketones (excluding diaryl/α,β-unsaturated/α-hetero) is 1. The van der Waals surface area contributed by atoms with Crippen molar-refractivity contribution >= 4 is 5.78 Å². The number of allylic oxidation sites excluding steroid dienone is 1. The van der Waals surface area contributed by atoms with Gasteiger partial charge in [-0.2, -0.15) is 0 Å². The van der Waals surface area contributed by atoms with Crippen molar-refractivity contribution in [2.75, 3.05) is 19.8 Å². The van der Waals surface area contributed by atoms with Gasteiger partial charge in [0.1, 0.15) is 79.0 Å². The normalized spacial score (nSPS) is 54.0. The highest BCUT2D eigenvalue weighted by molar-refractivity contribution is 5.80. The first kappa shape index (κ1) is 43.8. The molecule has 3 saturated heterocycles. The topological polar surface area (TPSA) is 295 Å². The first-order valence-electron chi connectivity index (χ1n) is 20.4. The van der Waals surface area contributed by atoms with Crippen LogP contribution in [0.25, 0.3) is 0 Å². The van der Waals surface area contributed by atoms with Crippen LogP contribution in [0.5, 0.6) is 0 Å². The molecule has 0 bridgehead atoms. The van der Waals surface area contributed by atoms with E-state index in [0.717, 1.165) is 32.1 Å². The minimum absolute atomic E-state index is 0.0312. The molecule has 6 fully saturated rings. The van der Waals surface area contributed by atoms with Crippen LogP contribution >= 0.6 is 0 Å². The average molecular weight is 819 g/mol. The molecule has 18 heteroatoms. The van der Waals surface area contributed by atoms with Crippen LogP contribution in [0.2, 0.25) is 0 Å². The van der Waals surface area contributed by atoms with Crippen molar-refractivity contribution in [2.45, 2.75) is 170 Å². The zero-order chi connectivity index (χ0) is 41.3. The molecule has 3 heterocycles. The van der Waals surface area contributed by atoms with Gasteiger partial charge in [0.05, 0.1) is 32.0 Å². The number of carbonyl (C=O) groups excluding carboxylic acids is 1. The SMILES string of the molecule is CC(=O)C1C(OC2OC(COC3OC(CO)C(O)C(O)C3OC3OC(CO)C(O)C(O)C3O)C(O)C(O)C2O)CC2C3CC=C4CC(O)CCC4(C)C3CCC21C. The highest BCUT2D eigenvalue weighted by atomic mass is 16.8. The summed E-state index contributed by atoms with van der Waals surface area (Å²) in [7, 11) is 0. The smallest absolute Gasteiger partial charge is 0.187 e. The van der Waals surface area contributed by atoms with Gasteiger partial charge in [0.15, 0.2) is 18.9 Å². The van der Waals surface area contributed by atoms with Gasteiger partial charge in [-0.15, -0.1) is 0 Å². The number of rotatable bonds is 10. The zero-order valence-corrected chi connectivity index (χ0v) is 32.5. The van der Waals surface area contributed by atoms with Crippen LogP contribution in [-0.2, 0) is 33.2 Å². The monoisotopic (exact) mass is 818 g/mol. The summed E-state index contributed by atoms with van der Waals surface area (Å²) in [5.74, 6) is 0.164. The fraction of sp³-hybridized carbons (Fsp3) is 0.923. The second-order valence-corrected chi connectivity index (χ2v) is 18.1. The van der Waals surface area contributed by atoms with Crippen LogP contribution < -0.4 is 0 Å². The summed E-state index contributed by atoms with van der Waals surface area (Å²) in [4.78, 5) is 13.5. The number of ketones is 1. The standard InChI is InChI=1S/C39H62O18/c1-15(42)25-21(11-20-18-5-4-16-10-17(43)6-8-38(16,2)19(18)7-9-39(20,25)3)53-35-32(50)30(48)28(46)24(56-35)14-52-37-34(31(49)27(45)23(13-41)55-37)57-36-33(51)29(47)26(44)22(12-40)54-36/h4,17-37,40-41,43-51H,5-14H2,1-3H3. The predicted octanol–water partition coefficient (Wildman–Crippen LogP) is -3.04. The average Bonchev–Trinajstić information content (AvgIpc) is 3.49. The van der Waals surface area contributed by atoms with Gasteiger partial charge in [0, 0.05) is 5.92 Å². The Morgan fingerprint density at radius 3 is 1.93 bits per heavy atom. The second-order valence-electron chi connectivity index (χ2n) is 18.1. The molecule has 7 rings (SSSR count). The lowest BCUT2D eigenvalue weighted by atomic mass is 9.47. The second kappa shape index (κ2) is 16.9. The molecular weight excluding hydrogens is 756 g/mol. The summed E-state index contributed by atoms with van der Waals surface area (Å²) in [6, 6.07) is 0. The summed E-state index contributed by atoms with van der Waals surface area (Å²) < 4.78 is 35.2. The van der Waals surface area contributed by atoms with E-state index in [9.17, 15) is 61.0 Å². The van der Waals surface area contributed by atoms with Crippen LogP contribution in [0.4, 0.5) is 0 Å². The van der Waals surface area contributed by atoms with E-state index >= 15 is 0 Å². The number of fused-ring (bicyclic) bond motifs is 5. The molecule has 0 aromatic carbocycles. The number of aliphatic hydroxyl groups excluding tert-OH is 11. The Morgan fingerprint density at radius 2 is 1.30 bits per heavy atom. The third kappa shape index (κ3) is 7.68. The minimum atomic E-state index is -1.88. The third-order valence-corrected chi connectivity index (χ3v) is 14.9. The summed E-state index contributed by atoms with van der Waals surface area (Å²) in [5.41, 5.74) is 0.885. The maximum absolute atomic E-state index is 13.5. The highest BCUT2D eigenvalue weighted by Gasteiger charge is 2.63. The predicted molar refractivity (Wildman–Crippen MR) is 191 cm³/mol. The minimum Gasteiger partial charge on any atom is -0.394 e. The van der Waals surface area contributed by atoms with Gasteiger partial charge in [-0.1, -0.05) is 25.5 Å². The number of carbonyl (C=O) groups is 1. The van der Waals surface area contributed by atoms with E-state index in [4.69, 9.17) is 28.4 Å². The highest BCUT2D eigenvalue weighted by Crippen LogP contribution is 2.66. The molecule has 0 aromatic rings. The van der Waals surface area contributed by atoms with E-state index in [2.05, 4.69) is 19.9 Å². The molecule has 326 valence electrons.